The van der Waals surface area contributed by atoms with Gasteiger partial charge in [0.1, 0.15) is 0 Å². The van der Waals surface area contributed by atoms with Gasteiger partial charge < -0.3 is 0 Å². The van der Waals surface area contributed by atoms with Crippen molar-refractivity contribution in [1.82, 2.24) is 14.8 Å². The molecular weight excluding hydrogens is 942 g/mol. The lowest BCUT2D eigenvalue weighted by Crippen LogP contribution is -2.70. The van der Waals surface area contributed by atoms with Gasteiger partial charge in [-0.2, -0.15) is 31.9 Å². The molecule has 0 bridgehead atoms. The Labute approximate surface area is 405 Å². The molecule has 0 N–H and O–H groups in total. The van der Waals surface area contributed by atoms with E-state index in [1.165, 1.54) is 7.05 Å². The Bertz CT molecular complexity index is 4360. The van der Waals surface area contributed by atoms with E-state index in [4.69, 9.17) is 0 Å². The third-order valence-electron chi connectivity index (χ3n) is 15.2. The summed E-state index contributed by atoms with van der Waals surface area (Å²) >= 11 is 0. The predicted molar refractivity (Wildman–Crippen MR) is 257 cm³/mol. The lowest BCUT2D eigenvalue weighted by atomic mass is 9.77. The highest BCUT2D eigenvalue weighted by Crippen LogP contribution is 2.59. The van der Waals surface area contributed by atoms with Crippen LogP contribution < -0.4 is 13.7 Å². The van der Waals surface area contributed by atoms with Gasteiger partial charge in [0.05, 0.1) is 36.3 Å². The number of hydrogen-bond acceptors (Lipinski definition) is 6. The van der Waals surface area contributed by atoms with Gasteiger partial charge in [-0.15, -0.1) is 5.10 Å². The molecule has 2 atom stereocenters. The van der Waals surface area contributed by atoms with Crippen LogP contribution in [0.3, 0.4) is 0 Å². The van der Waals surface area contributed by atoms with E-state index in [2.05, 4.69) is 19.2 Å². The summed E-state index contributed by atoms with van der Waals surface area (Å²) in [5.74, 6) is -1.33. The van der Waals surface area contributed by atoms with Gasteiger partial charge in [-0.1, -0.05) is 78.9 Å². The Morgan fingerprint density at radius 1 is 0.620 bits per heavy atom. The van der Waals surface area contributed by atoms with Crippen LogP contribution >= 0.6 is 0 Å². The smallest absolute Gasteiger partial charge is 0.243 e. The molecule has 0 aliphatic carbocycles. The zero-order chi connectivity index (χ0) is 48.7. The molecule has 10 nitrogen and oxygen atoms in total. The van der Waals surface area contributed by atoms with Crippen LogP contribution in [0.5, 0.6) is 0 Å². The second-order valence-corrected chi connectivity index (χ2v) is 22.6. The molecule has 15 heteroatoms. The molecule has 0 spiro atoms. The number of alkyl halides is 3. The van der Waals surface area contributed by atoms with Crippen molar-refractivity contribution in [3.05, 3.63) is 186 Å². The molecule has 0 radical (unpaired) electrons. The van der Waals surface area contributed by atoms with Crippen LogP contribution in [0.15, 0.2) is 177 Å². The topological polar surface area (TPSA) is 111 Å². The zero-order valence-electron chi connectivity index (χ0n) is 38.1. The van der Waals surface area contributed by atoms with Crippen LogP contribution in [-0.4, -0.2) is 31.6 Å². The fourth-order valence-electron chi connectivity index (χ4n) is 12.4. The monoisotopic (exact) mass is 979 g/mol. The number of aryl methyl sites for hydroxylation is 3. The molecular formula is C56H38F3N6O4S2+3. The first kappa shape index (κ1) is 42.0. The molecule has 14 rings (SSSR count). The van der Waals surface area contributed by atoms with Gasteiger partial charge in [0.25, 0.3) is 11.9 Å². The molecule has 71 heavy (non-hydrogen) atoms. The first-order chi connectivity index (χ1) is 34.1. The normalized spacial score (nSPS) is 18.1. The van der Waals surface area contributed by atoms with E-state index in [9.17, 15) is 13.2 Å². The highest BCUT2D eigenvalue weighted by molar-refractivity contribution is 7.92. The zero-order valence-corrected chi connectivity index (χ0v) is 39.7. The van der Waals surface area contributed by atoms with E-state index in [-0.39, 0.29) is 32.0 Å². The summed E-state index contributed by atoms with van der Waals surface area (Å²) in [6, 6.07) is 46.2. The summed E-state index contributed by atoms with van der Waals surface area (Å²) < 4.78 is 112. The largest absolute Gasteiger partial charge is 0.453 e. The van der Waals surface area contributed by atoms with Gasteiger partial charge in [0, 0.05) is 82.0 Å². The third kappa shape index (κ3) is 5.28. The van der Waals surface area contributed by atoms with Crippen LogP contribution in [0, 0.1) is 13.8 Å². The minimum atomic E-state index is -4.83. The molecule has 346 valence electrons. The van der Waals surface area contributed by atoms with Crippen LogP contribution in [0.25, 0.3) is 78.1 Å². The van der Waals surface area contributed by atoms with E-state index < -0.39 is 43.3 Å². The predicted octanol–water partition coefficient (Wildman–Crippen LogP) is 9.61. The highest BCUT2D eigenvalue weighted by Gasteiger charge is 2.70. The summed E-state index contributed by atoms with van der Waals surface area (Å²) in [5.41, 5.74) is 8.19. The fraction of sp³-hybridized carbons (Fsp3) is 0.125. The number of benzene rings is 6. The second-order valence-electron chi connectivity index (χ2n) is 18.9. The van der Waals surface area contributed by atoms with Crippen LogP contribution in [0.1, 0.15) is 34.1 Å². The molecule has 4 aliphatic rings. The lowest BCUT2D eigenvalue weighted by Gasteiger charge is -2.28. The van der Waals surface area contributed by atoms with Gasteiger partial charge in [-0.3, -0.25) is 0 Å². The summed E-state index contributed by atoms with van der Waals surface area (Å²) in [7, 11) is -6.85. The molecule has 0 amide bonds. The Hall–Kier alpha value is -7.88. The first-order valence-electron chi connectivity index (χ1n) is 23.0. The summed E-state index contributed by atoms with van der Waals surface area (Å²) in [4.78, 5) is 4.85. The maximum Gasteiger partial charge on any atom is 0.453 e. The van der Waals surface area contributed by atoms with Crippen molar-refractivity contribution in [3.63, 3.8) is 0 Å². The minimum Gasteiger partial charge on any atom is -0.243 e. The quantitative estimate of drug-likeness (QED) is 0.163. The third-order valence-corrected chi connectivity index (χ3v) is 19.0. The van der Waals surface area contributed by atoms with Crippen molar-refractivity contribution in [1.29, 1.82) is 0 Å². The average Bonchev–Trinajstić information content (AvgIpc) is 4.12. The molecule has 6 aromatic carbocycles. The number of nitrogens with zero attached hydrogens (tertiary/aromatic N) is 6. The van der Waals surface area contributed by atoms with Crippen molar-refractivity contribution < 1.29 is 43.7 Å². The van der Waals surface area contributed by atoms with Crippen molar-refractivity contribution in [2.24, 2.45) is 7.05 Å². The van der Waals surface area contributed by atoms with Crippen LogP contribution in [0.4, 0.5) is 13.2 Å². The number of para-hydroxylation sites is 2. The Morgan fingerprint density at radius 2 is 1.18 bits per heavy atom. The first-order valence-corrected chi connectivity index (χ1v) is 26.0. The highest BCUT2D eigenvalue weighted by atomic mass is 32.2. The summed E-state index contributed by atoms with van der Waals surface area (Å²) in [5, 5.41) is 5.63. The number of halogens is 3. The lowest BCUT2D eigenvalue weighted by molar-refractivity contribution is -0.845. The van der Waals surface area contributed by atoms with Crippen LogP contribution in [0.2, 0.25) is 0 Å². The number of sulfone groups is 2. The Balaban J connectivity index is 1.20. The van der Waals surface area contributed by atoms with E-state index in [0.717, 1.165) is 37.6 Å². The molecule has 4 aliphatic heterocycles. The number of pyridine rings is 3. The maximum absolute atomic E-state index is 15.4. The van der Waals surface area contributed by atoms with Crippen molar-refractivity contribution in [2.75, 3.05) is 0 Å². The van der Waals surface area contributed by atoms with E-state index in [0.29, 0.717) is 61.6 Å². The Morgan fingerprint density at radius 3 is 1.85 bits per heavy atom. The number of rotatable bonds is 4. The molecule has 4 aromatic heterocycles. The minimum absolute atomic E-state index is 0.0241. The summed E-state index contributed by atoms with van der Waals surface area (Å²) in [6.07, 6.45) is -3.03. The van der Waals surface area contributed by atoms with E-state index in [1.54, 1.807) is 48.7 Å². The SMILES string of the molecule is Cc1cc2[n+](c3ccccc13)C(C1(C[n+]3ccccc3-c3nc(C(F)(F)F)nn3C)c3ccc4c(c3-c3cc(C)c5ccccc5[n+]31)S(=O)(=O)c1ccccc1-4)c1ccc3c(c1-2)S(=O)(=O)c1ccccc1-3. The van der Waals surface area contributed by atoms with E-state index >= 15 is 16.8 Å². The molecule has 10 aromatic rings. The number of hydrogen-bond donors (Lipinski definition) is 0. The van der Waals surface area contributed by atoms with Crippen LogP contribution in [-0.2, 0) is 45.0 Å². The van der Waals surface area contributed by atoms with Crippen molar-refractivity contribution in [3.8, 4) is 56.3 Å². The number of aromatic nitrogens is 6. The second kappa shape index (κ2) is 13.9. The van der Waals surface area contributed by atoms with Gasteiger partial charge >= 0.3 is 11.7 Å². The average molecular weight is 980 g/mol. The van der Waals surface area contributed by atoms with Gasteiger partial charge in [0.15, 0.2) is 6.20 Å². The Kier molecular flexibility index (Phi) is 8.24. The number of fused-ring (bicyclic) bond motifs is 18. The maximum atomic E-state index is 15.4. The molecule has 0 fully saturated rings. The van der Waals surface area contributed by atoms with Gasteiger partial charge in [-0.25, -0.2) is 21.5 Å². The van der Waals surface area contributed by atoms with Crippen molar-refractivity contribution in [2.45, 2.75) is 57.7 Å². The van der Waals surface area contributed by atoms with Crippen molar-refractivity contribution >= 4 is 41.5 Å². The van der Waals surface area contributed by atoms with E-state index in [1.807, 2.05) is 128 Å². The standard InChI is InChI=1S/C56H38F3N6O4S2/c1-31-28-44-48-39(24-23-37-35-16-6-10-21-46(35)70(66,67)50(37)48)52(64(44)41-18-8-4-14-33(31)41)55(30-63-27-13-12-20-43(63)53-60-54(56(57,58)59)61-62(53)3)40-26-25-38-36-17-7-11-22-47(36)71(68,69)51(38)49(40)45-29-32(2)34-15-5-9-19-42(34)65(45)55/h4-29,52H,30H2,1-3H3/q+3. The molecule has 2 unspecified atom stereocenters. The molecule has 0 saturated carbocycles. The summed E-state index contributed by atoms with van der Waals surface area (Å²) in [6.45, 7) is 3.99. The molecule has 0 saturated heterocycles. The van der Waals surface area contributed by atoms with Gasteiger partial charge in [0.2, 0.25) is 60.2 Å². The molecule has 8 heterocycles. The fourth-order valence-corrected chi connectivity index (χ4v) is 16.2. The van der Waals surface area contributed by atoms with Gasteiger partial charge in [-0.05, 0) is 61.4 Å².